The van der Waals surface area contributed by atoms with Crippen LogP contribution >= 0.6 is 34.8 Å². The molecule has 0 radical (unpaired) electrons. The van der Waals surface area contributed by atoms with Gasteiger partial charge in [-0.1, -0.05) is 46.9 Å². The number of nitrogens with one attached hydrogen (secondary N) is 2. The zero-order chi connectivity index (χ0) is 21.2. The molecule has 5 nitrogen and oxygen atoms in total. The fourth-order valence-electron chi connectivity index (χ4n) is 2.56. The maximum absolute atomic E-state index is 12.8. The zero-order valence-corrected chi connectivity index (χ0v) is 18.1. The van der Waals surface area contributed by atoms with Crippen LogP contribution in [0, 0.1) is 6.92 Å². The minimum atomic E-state index is -4.01. The summed E-state index contributed by atoms with van der Waals surface area (Å²) in [6.07, 6.45) is 0. The Morgan fingerprint density at radius 1 is 0.897 bits per heavy atom. The van der Waals surface area contributed by atoms with Gasteiger partial charge in [-0.2, -0.15) is 0 Å². The van der Waals surface area contributed by atoms with Crippen LogP contribution in [0.1, 0.15) is 15.9 Å². The molecule has 29 heavy (non-hydrogen) atoms. The smallest absolute Gasteiger partial charge is 0.263 e. The van der Waals surface area contributed by atoms with Crippen LogP contribution in [0.4, 0.5) is 11.4 Å². The summed E-state index contributed by atoms with van der Waals surface area (Å²) in [6, 6.07) is 15.5. The number of carbonyl (C=O) groups is 1. The largest absolute Gasteiger partial charge is 0.321 e. The number of aryl methyl sites for hydroxylation is 1. The summed E-state index contributed by atoms with van der Waals surface area (Å²) in [7, 11) is -4.01. The second-order valence-corrected chi connectivity index (χ2v) is 9.10. The molecule has 3 rings (SSSR count). The van der Waals surface area contributed by atoms with Crippen LogP contribution in [0.25, 0.3) is 0 Å². The van der Waals surface area contributed by atoms with Crippen LogP contribution in [-0.2, 0) is 10.0 Å². The fraction of sp³-hybridized carbons (Fsp3) is 0.0500. The van der Waals surface area contributed by atoms with Crippen molar-refractivity contribution < 1.29 is 13.2 Å². The maximum Gasteiger partial charge on any atom is 0.263 e. The van der Waals surface area contributed by atoms with Crippen molar-refractivity contribution in [1.29, 1.82) is 0 Å². The van der Waals surface area contributed by atoms with Gasteiger partial charge in [0.2, 0.25) is 0 Å². The number of anilines is 2. The molecule has 0 spiro atoms. The highest BCUT2D eigenvalue weighted by Gasteiger charge is 2.21. The molecule has 0 saturated heterocycles. The van der Waals surface area contributed by atoms with E-state index in [1.54, 1.807) is 30.3 Å². The van der Waals surface area contributed by atoms with E-state index < -0.39 is 15.9 Å². The van der Waals surface area contributed by atoms with Crippen LogP contribution in [0.5, 0.6) is 0 Å². The second kappa shape index (κ2) is 8.63. The van der Waals surface area contributed by atoms with Gasteiger partial charge in [0.15, 0.2) is 0 Å². The first kappa shape index (κ1) is 21.5. The lowest BCUT2D eigenvalue weighted by Crippen LogP contribution is -2.16. The first-order valence-corrected chi connectivity index (χ1v) is 10.9. The van der Waals surface area contributed by atoms with E-state index in [1.165, 1.54) is 24.3 Å². The molecule has 0 atom stereocenters. The molecule has 3 aromatic rings. The molecular weight excluding hydrogens is 455 g/mol. The molecule has 0 aromatic heterocycles. The third-order valence-electron chi connectivity index (χ3n) is 3.93. The molecule has 0 heterocycles. The van der Waals surface area contributed by atoms with E-state index in [2.05, 4.69) is 10.0 Å². The van der Waals surface area contributed by atoms with E-state index in [0.717, 1.165) is 5.56 Å². The molecule has 0 aliphatic heterocycles. The number of halogens is 3. The van der Waals surface area contributed by atoms with Gasteiger partial charge in [0.05, 0.1) is 15.7 Å². The fourth-order valence-corrected chi connectivity index (χ4v) is 4.47. The Balaban J connectivity index is 1.91. The summed E-state index contributed by atoms with van der Waals surface area (Å²) in [5.74, 6) is -0.558. The minimum Gasteiger partial charge on any atom is -0.321 e. The van der Waals surface area contributed by atoms with Gasteiger partial charge >= 0.3 is 0 Å². The number of rotatable bonds is 5. The van der Waals surface area contributed by atoms with Gasteiger partial charge in [-0.25, -0.2) is 8.42 Å². The lowest BCUT2D eigenvalue weighted by Gasteiger charge is -2.12. The van der Waals surface area contributed by atoms with Crippen molar-refractivity contribution in [2.45, 2.75) is 11.8 Å². The summed E-state index contributed by atoms with van der Waals surface area (Å²) < 4.78 is 28.1. The Labute approximate surface area is 183 Å². The molecule has 0 saturated carbocycles. The summed E-state index contributed by atoms with van der Waals surface area (Å²) in [5.41, 5.74) is 1.68. The minimum absolute atomic E-state index is 0.0116. The standard InChI is InChI=1S/C20H15Cl3N2O3S/c1-12-3-2-4-15(9-12)25-29(27,28)19-10-13(5-7-17(19)23)20(26)24-18-11-14(21)6-8-16(18)22/h2-11,25H,1H3,(H,24,26). The highest BCUT2D eigenvalue weighted by Crippen LogP contribution is 2.28. The van der Waals surface area contributed by atoms with E-state index in [9.17, 15) is 13.2 Å². The van der Waals surface area contributed by atoms with Crippen LogP contribution in [0.15, 0.2) is 65.6 Å². The van der Waals surface area contributed by atoms with E-state index >= 15 is 0 Å². The number of sulfonamides is 1. The molecule has 0 bridgehead atoms. The van der Waals surface area contributed by atoms with Gasteiger partial charge in [-0.05, 0) is 61.0 Å². The topological polar surface area (TPSA) is 75.3 Å². The lowest BCUT2D eigenvalue weighted by molar-refractivity contribution is 0.102. The van der Waals surface area contributed by atoms with Crippen LogP contribution in [0.2, 0.25) is 15.1 Å². The van der Waals surface area contributed by atoms with E-state index in [4.69, 9.17) is 34.8 Å². The Bertz CT molecular complexity index is 1200. The van der Waals surface area contributed by atoms with Crippen LogP contribution in [0.3, 0.4) is 0 Å². The molecule has 2 N–H and O–H groups in total. The number of hydrogen-bond donors (Lipinski definition) is 2. The predicted octanol–water partition coefficient (Wildman–Crippen LogP) is 6.01. The van der Waals surface area contributed by atoms with E-state index in [1.807, 2.05) is 13.0 Å². The van der Waals surface area contributed by atoms with Crippen molar-refractivity contribution in [3.63, 3.8) is 0 Å². The predicted molar refractivity (Wildman–Crippen MR) is 118 cm³/mol. The summed E-state index contributed by atoms with van der Waals surface area (Å²) in [5, 5.41) is 3.29. The monoisotopic (exact) mass is 468 g/mol. The highest BCUT2D eigenvalue weighted by atomic mass is 35.5. The molecule has 0 fully saturated rings. The number of hydrogen-bond acceptors (Lipinski definition) is 3. The van der Waals surface area contributed by atoms with Gasteiger partial charge in [0.1, 0.15) is 4.90 Å². The number of benzene rings is 3. The highest BCUT2D eigenvalue weighted by molar-refractivity contribution is 7.92. The first-order valence-electron chi connectivity index (χ1n) is 8.31. The quantitative estimate of drug-likeness (QED) is 0.480. The lowest BCUT2D eigenvalue weighted by atomic mass is 10.2. The Morgan fingerprint density at radius 3 is 2.34 bits per heavy atom. The van der Waals surface area contributed by atoms with Gasteiger partial charge in [0, 0.05) is 16.3 Å². The molecule has 1 amide bonds. The van der Waals surface area contributed by atoms with Crippen molar-refractivity contribution in [1.82, 2.24) is 0 Å². The summed E-state index contributed by atoms with van der Waals surface area (Å²) in [4.78, 5) is 12.4. The summed E-state index contributed by atoms with van der Waals surface area (Å²) >= 11 is 18.1. The van der Waals surface area contributed by atoms with Crippen molar-refractivity contribution in [3.8, 4) is 0 Å². The molecule has 3 aromatic carbocycles. The molecule has 0 aliphatic carbocycles. The van der Waals surface area contributed by atoms with Gasteiger partial charge in [-0.3, -0.25) is 9.52 Å². The molecule has 0 unspecified atom stereocenters. The summed E-state index contributed by atoms with van der Waals surface area (Å²) in [6.45, 7) is 1.84. The van der Waals surface area contributed by atoms with Gasteiger partial charge in [-0.15, -0.1) is 0 Å². The van der Waals surface area contributed by atoms with Crippen molar-refractivity contribution in [2.24, 2.45) is 0 Å². The Morgan fingerprint density at radius 2 is 1.62 bits per heavy atom. The average molecular weight is 470 g/mol. The number of carbonyl (C=O) groups excluding carboxylic acids is 1. The molecule has 0 aliphatic rings. The first-order chi connectivity index (χ1) is 13.7. The normalized spacial score (nSPS) is 11.2. The third kappa shape index (κ3) is 5.22. The third-order valence-corrected chi connectivity index (χ3v) is 6.36. The van der Waals surface area contributed by atoms with Gasteiger partial charge < -0.3 is 5.32 Å². The second-order valence-electron chi connectivity index (χ2n) is 6.20. The average Bonchev–Trinajstić information content (AvgIpc) is 2.64. The molecular formula is C20H15Cl3N2O3S. The van der Waals surface area contributed by atoms with Crippen molar-refractivity contribution >= 4 is 62.1 Å². The van der Waals surface area contributed by atoms with E-state index in [-0.39, 0.29) is 15.5 Å². The van der Waals surface area contributed by atoms with Crippen LogP contribution < -0.4 is 10.0 Å². The van der Waals surface area contributed by atoms with Crippen molar-refractivity contribution in [2.75, 3.05) is 10.0 Å². The molecule has 150 valence electrons. The van der Waals surface area contributed by atoms with Crippen molar-refractivity contribution in [3.05, 3.63) is 86.9 Å². The number of amides is 1. The Kier molecular flexibility index (Phi) is 6.39. The van der Waals surface area contributed by atoms with E-state index in [0.29, 0.717) is 21.4 Å². The SMILES string of the molecule is Cc1cccc(NS(=O)(=O)c2cc(C(=O)Nc3cc(Cl)ccc3Cl)ccc2Cl)c1. The van der Waals surface area contributed by atoms with Crippen LogP contribution in [-0.4, -0.2) is 14.3 Å². The maximum atomic E-state index is 12.8. The Hall–Kier alpha value is -2.25. The molecule has 9 heteroatoms. The zero-order valence-electron chi connectivity index (χ0n) is 15.0. The van der Waals surface area contributed by atoms with Gasteiger partial charge in [0.25, 0.3) is 15.9 Å².